The van der Waals surface area contributed by atoms with Gasteiger partial charge in [0.15, 0.2) is 0 Å². The molecular weight excluding hydrogens is 404 g/mol. The van der Waals surface area contributed by atoms with Gasteiger partial charge >= 0.3 is 0 Å². The van der Waals surface area contributed by atoms with Crippen LogP contribution < -0.4 is 19.5 Å². The summed E-state index contributed by atoms with van der Waals surface area (Å²) < 4.78 is 39.1. The van der Waals surface area contributed by atoms with Crippen molar-refractivity contribution in [3.63, 3.8) is 0 Å². The number of hydrogen-bond donors (Lipinski definition) is 2. The highest BCUT2D eigenvalue weighted by Gasteiger charge is 2.20. The van der Waals surface area contributed by atoms with E-state index in [1.165, 1.54) is 25.3 Å². The zero-order valence-corrected chi connectivity index (χ0v) is 17.4. The van der Waals surface area contributed by atoms with E-state index < -0.39 is 10.0 Å². The first-order chi connectivity index (χ1) is 14.4. The molecule has 30 heavy (non-hydrogen) atoms. The Kier molecular flexibility index (Phi) is 6.58. The summed E-state index contributed by atoms with van der Waals surface area (Å²) in [5, 5.41) is 2.73. The first-order valence-electron chi connectivity index (χ1n) is 9.23. The van der Waals surface area contributed by atoms with E-state index in [-0.39, 0.29) is 16.5 Å². The van der Waals surface area contributed by atoms with Crippen LogP contribution in [-0.4, -0.2) is 28.0 Å². The molecule has 1 amide bonds. The highest BCUT2D eigenvalue weighted by Crippen LogP contribution is 2.31. The SMILES string of the molecule is CCOc1ccc(S(=O)(=O)Nc2ccccc2OC)cc1NC(=O)c1ccccc1. The van der Waals surface area contributed by atoms with Crippen LogP contribution in [0.4, 0.5) is 11.4 Å². The van der Waals surface area contributed by atoms with Crippen molar-refractivity contribution in [2.24, 2.45) is 0 Å². The molecule has 0 saturated heterocycles. The Balaban J connectivity index is 1.93. The van der Waals surface area contributed by atoms with Crippen LogP contribution in [0.25, 0.3) is 0 Å². The minimum atomic E-state index is -3.94. The summed E-state index contributed by atoms with van der Waals surface area (Å²) in [7, 11) is -2.48. The van der Waals surface area contributed by atoms with E-state index in [0.717, 1.165) is 0 Å². The third kappa shape index (κ3) is 4.90. The molecule has 2 N–H and O–H groups in total. The molecule has 0 heterocycles. The standard InChI is InChI=1S/C22H22N2O5S/c1-3-29-21-14-13-17(15-19(21)23-22(25)16-9-5-4-6-10-16)30(26,27)24-18-11-7-8-12-20(18)28-2/h4-15,24H,3H2,1-2H3,(H,23,25). The number of anilines is 2. The lowest BCUT2D eigenvalue weighted by Gasteiger charge is -2.15. The monoisotopic (exact) mass is 426 g/mol. The molecular formula is C22H22N2O5S. The summed E-state index contributed by atoms with van der Waals surface area (Å²) in [5.74, 6) is 0.395. The van der Waals surface area contributed by atoms with Gasteiger partial charge in [-0.05, 0) is 49.4 Å². The van der Waals surface area contributed by atoms with E-state index in [1.807, 2.05) is 0 Å². The second-order valence-corrected chi connectivity index (χ2v) is 7.90. The number of rotatable bonds is 8. The summed E-state index contributed by atoms with van der Waals surface area (Å²) in [6, 6.07) is 19.6. The van der Waals surface area contributed by atoms with Crippen molar-refractivity contribution in [2.45, 2.75) is 11.8 Å². The first-order valence-corrected chi connectivity index (χ1v) is 10.7. The third-order valence-corrected chi connectivity index (χ3v) is 5.56. The Morgan fingerprint density at radius 2 is 1.60 bits per heavy atom. The summed E-state index contributed by atoms with van der Waals surface area (Å²) in [6.45, 7) is 2.16. The Hall–Kier alpha value is -3.52. The molecule has 0 spiro atoms. The number of amides is 1. The smallest absolute Gasteiger partial charge is 0.262 e. The largest absolute Gasteiger partial charge is 0.495 e. The second kappa shape index (κ2) is 9.32. The normalized spacial score (nSPS) is 10.9. The van der Waals surface area contributed by atoms with Crippen molar-refractivity contribution < 1.29 is 22.7 Å². The molecule has 0 radical (unpaired) electrons. The van der Waals surface area contributed by atoms with Gasteiger partial charge in [0.2, 0.25) is 0 Å². The fourth-order valence-corrected chi connectivity index (χ4v) is 3.87. The first kappa shape index (κ1) is 21.2. The summed E-state index contributed by atoms with van der Waals surface area (Å²) in [5.41, 5.74) is 1.01. The van der Waals surface area contributed by atoms with Crippen LogP contribution in [0.5, 0.6) is 11.5 Å². The van der Waals surface area contributed by atoms with Gasteiger partial charge in [-0.15, -0.1) is 0 Å². The zero-order valence-electron chi connectivity index (χ0n) is 16.6. The number of benzene rings is 3. The van der Waals surface area contributed by atoms with Gasteiger partial charge in [-0.2, -0.15) is 0 Å². The summed E-state index contributed by atoms with van der Waals surface area (Å²) in [4.78, 5) is 12.5. The molecule has 0 aliphatic carbocycles. The average Bonchev–Trinajstić information content (AvgIpc) is 2.75. The third-order valence-electron chi connectivity index (χ3n) is 4.20. The molecule has 0 aromatic heterocycles. The zero-order chi connectivity index (χ0) is 21.6. The molecule has 0 fully saturated rings. The minimum absolute atomic E-state index is 0.0276. The van der Waals surface area contributed by atoms with E-state index in [9.17, 15) is 13.2 Å². The van der Waals surface area contributed by atoms with Gasteiger partial charge in [0.1, 0.15) is 11.5 Å². The molecule has 156 valence electrons. The highest BCUT2D eigenvalue weighted by molar-refractivity contribution is 7.92. The number of para-hydroxylation sites is 2. The van der Waals surface area contributed by atoms with E-state index in [0.29, 0.717) is 29.4 Å². The van der Waals surface area contributed by atoms with Gasteiger partial charge in [-0.3, -0.25) is 9.52 Å². The Morgan fingerprint density at radius 3 is 2.30 bits per heavy atom. The lowest BCUT2D eigenvalue weighted by atomic mass is 10.2. The molecule has 3 rings (SSSR count). The molecule has 8 heteroatoms. The van der Waals surface area contributed by atoms with Gasteiger partial charge in [0, 0.05) is 5.56 Å². The predicted molar refractivity (Wildman–Crippen MR) is 116 cm³/mol. The number of methoxy groups -OCH3 is 1. The molecule has 3 aromatic rings. The number of carbonyl (C=O) groups excluding carboxylic acids is 1. The molecule has 7 nitrogen and oxygen atoms in total. The van der Waals surface area contributed by atoms with Gasteiger partial charge in [-0.1, -0.05) is 30.3 Å². The molecule has 0 aliphatic heterocycles. The molecule has 0 unspecified atom stereocenters. The maximum Gasteiger partial charge on any atom is 0.262 e. The second-order valence-electron chi connectivity index (χ2n) is 6.22. The van der Waals surface area contributed by atoms with Crippen LogP contribution in [0, 0.1) is 0 Å². The van der Waals surface area contributed by atoms with Crippen molar-refractivity contribution in [2.75, 3.05) is 23.8 Å². The van der Waals surface area contributed by atoms with Gasteiger partial charge in [-0.25, -0.2) is 8.42 Å². The van der Waals surface area contributed by atoms with Crippen molar-refractivity contribution in [1.82, 2.24) is 0 Å². The number of nitrogens with one attached hydrogen (secondary N) is 2. The number of sulfonamides is 1. The molecule has 0 saturated carbocycles. The van der Waals surface area contributed by atoms with Crippen molar-refractivity contribution in [3.8, 4) is 11.5 Å². The van der Waals surface area contributed by atoms with Crippen LogP contribution in [0.2, 0.25) is 0 Å². The lowest BCUT2D eigenvalue weighted by molar-refractivity contribution is 0.102. The molecule has 0 atom stereocenters. The number of carbonyl (C=O) groups is 1. The quantitative estimate of drug-likeness (QED) is 0.564. The fourth-order valence-electron chi connectivity index (χ4n) is 2.77. The fraction of sp³-hybridized carbons (Fsp3) is 0.136. The van der Waals surface area contributed by atoms with Gasteiger partial charge in [0.05, 0.1) is 30.0 Å². The van der Waals surface area contributed by atoms with Crippen molar-refractivity contribution >= 4 is 27.3 Å². The lowest BCUT2D eigenvalue weighted by Crippen LogP contribution is -2.16. The van der Waals surface area contributed by atoms with E-state index >= 15 is 0 Å². The minimum Gasteiger partial charge on any atom is -0.495 e. The Labute approximate surface area is 175 Å². The van der Waals surface area contributed by atoms with Crippen LogP contribution in [0.3, 0.4) is 0 Å². The van der Waals surface area contributed by atoms with Gasteiger partial charge in [0.25, 0.3) is 15.9 Å². The summed E-state index contributed by atoms with van der Waals surface area (Å²) in [6.07, 6.45) is 0. The van der Waals surface area contributed by atoms with Crippen molar-refractivity contribution in [1.29, 1.82) is 0 Å². The number of ether oxygens (including phenoxy) is 2. The average molecular weight is 426 g/mol. The molecule has 0 bridgehead atoms. The maximum atomic E-state index is 12.9. The van der Waals surface area contributed by atoms with Crippen LogP contribution in [-0.2, 0) is 10.0 Å². The van der Waals surface area contributed by atoms with Crippen LogP contribution in [0.15, 0.2) is 77.7 Å². The topological polar surface area (TPSA) is 93.7 Å². The predicted octanol–water partition coefficient (Wildman–Crippen LogP) is 4.15. The van der Waals surface area contributed by atoms with Crippen molar-refractivity contribution in [3.05, 3.63) is 78.4 Å². The van der Waals surface area contributed by atoms with E-state index in [2.05, 4.69) is 10.0 Å². The van der Waals surface area contributed by atoms with Crippen LogP contribution in [0.1, 0.15) is 17.3 Å². The molecule has 3 aromatic carbocycles. The summed E-state index contributed by atoms with van der Waals surface area (Å²) >= 11 is 0. The van der Waals surface area contributed by atoms with E-state index in [4.69, 9.17) is 9.47 Å². The van der Waals surface area contributed by atoms with Gasteiger partial charge < -0.3 is 14.8 Å². The Bertz CT molecular complexity index is 1130. The molecule has 0 aliphatic rings. The van der Waals surface area contributed by atoms with E-state index in [1.54, 1.807) is 61.5 Å². The Morgan fingerprint density at radius 1 is 0.900 bits per heavy atom. The maximum absolute atomic E-state index is 12.9. The number of hydrogen-bond acceptors (Lipinski definition) is 5. The van der Waals surface area contributed by atoms with Crippen LogP contribution >= 0.6 is 0 Å². The highest BCUT2D eigenvalue weighted by atomic mass is 32.2.